The van der Waals surface area contributed by atoms with Crippen LogP contribution in [0.5, 0.6) is 0 Å². The van der Waals surface area contributed by atoms with Crippen LogP contribution in [-0.2, 0) is 6.54 Å². The number of nitrogens with two attached hydrogens (primary N) is 2. The number of hydrogen-bond acceptors (Lipinski definition) is 3. The molecule has 4 nitrogen and oxygen atoms in total. The summed E-state index contributed by atoms with van der Waals surface area (Å²) in [5.74, 6) is -0.895. The van der Waals surface area contributed by atoms with E-state index in [0.717, 1.165) is 13.0 Å². The minimum Gasteiger partial charge on any atom is -0.366 e. The molecule has 1 aromatic rings. The van der Waals surface area contributed by atoms with Gasteiger partial charge in [0.2, 0.25) is 5.91 Å². The minimum atomic E-state index is -0.553. The van der Waals surface area contributed by atoms with Crippen molar-refractivity contribution in [3.63, 3.8) is 0 Å². The number of hydrogen-bond donors (Lipinski definition) is 3. The highest BCUT2D eigenvalue weighted by molar-refractivity contribution is 5.92. The van der Waals surface area contributed by atoms with Crippen LogP contribution in [0.2, 0.25) is 0 Å². The molecule has 0 unspecified atom stereocenters. The lowest BCUT2D eigenvalue weighted by molar-refractivity contribution is 0.1000. The van der Waals surface area contributed by atoms with Gasteiger partial charge in [0.05, 0.1) is 0 Å². The van der Waals surface area contributed by atoms with Crippen molar-refractivity contribution in [3.8, 4) is 0 Å². The number of rotatable bonds is 6. The largest absolute Gasteiger partial charge is 0.366 e. The van der Waals surface area contributed by atoms with E-state index >= 15 is 0 Å². The fourth-order valence-corrected chi connectivity index (χ4v) is 1.31. The molecule has 0 saturated heterocycles. The van der Waals surface area contributed by atoms with Crippen LogP contribution in [-0.4, -0.2) is 19.0 Å². The molecule has 0 atom stereocenters. The van der Waals surface area contributed by atoms with E-state index in [0.29, 0.717) is 24.2 Å². The zero-order valence-corrected chi connectivity index (χ0v) is 9.00. The lowest BCUT2D eigenvalue weighted by Crippen LogP contribution is -2.19. The molecule has 0 spiro atoms. The van der Waals surface area contributed by atoms with Gasteiger partial charge in [-0.3, -0.25) is 4.79 Å². The van der Waals surface area contributed by atoms with Crippen LogP contribution in [0.15, 0.2) is 18.2 Å². The summed E-state index contributed by atoms with van der Waals surface area (Å²) in [6.07, 6.45) is 0.830. The first-order valence-corrected chi connectivity index (χ1v) is 5.14. The van der Waals surface area contributed by atoms with E-state index in [-0.39, 0.29) is 5.82 Å². The molecule has 1 rings (SSSR count). The number of primary amides is 1. The lowest BCUT2D eigenvalue weighted by atomic mass is 10.1. The van der Waals surface area contributed by atoms with Gasteiger partial charge in [-0.1, -0.05) is 0 Å². The summed E-state index contributed by atoms with van der Waals surface area (Å²) in [5, 5.41) is 3.04. The number of carbonyl (C=O) groups excluding carboxylic acids is 1. The third-order valence-corrected chi connectivity index (χ3v) is 2.20. The Morgan fingerprint density at radius 3 is 2.81 bits per heavy atom. The topological polar surface area (TPSA) is 81.1 Å². The van der Waals surface area contributed by atoms with Crippen LogP contribution in [0, 0.1) is 5.82 Å². The first kappa shape index (κ1) is 12.6. The second kappa shape index (κ2) is 6.19. The molecule has 16 heavy (non-hydrogen) atoms. The molecular formula is C11H16FN3O. The zero-order valence-electron chi connectivity index (χ0n) is 9.00. The van der Waals surface area contributed by atoms with E-state index in [4.69, 9.17) is 11.5 Å². The van der Waals surface area contributed by atoms with Gasteiger partial charge in [-0.2, -0.15) is 0 Å². The van der Waals surface area contributed by atoms with Gasteiger partial charge < -0.3 is 16.8 Å². The molecule has 0 fully saturated rings. The molecule has 88 valence electrons. The number of benzene rings is 1. The monoisotopic (exact) mass is 225 g/mol. The van der Waals surface area contributed by atoms with Crippen LogP contribution >= 0.6 is 0 Å². The fraction of sp³-hybridized carbons (Fsp3) is 0.364. The van der Waals surface area contributed by atoms with Crippen molar-refractivity contribution in [2.24, 2.45) is 11.5 Å². The van der Waals surface area contributed by atoms with Gasteiger partial charge in [0.1, 0.15) is 5.82 Å². The summed E-state index contributed by atoms with van der Waals surface area (Å²) >= 11 is 0. The average Bonchev–Trinajstić information content (AvgIpc) is 2.26. The van der Waals surface area contributed by atoms with Crippen molar-refractivity contribution in [2.75, 3.05) is 13.1 Å². The van der Waals surface area contributed by atoms with E-state index in [1.165, 1.54) is 18.2 Å². The van der Waals surface area contributed by atoms with Crippen molar-refractivity contribution >= 4 is 5.91 Å². The number of nitrogens with one attached hydrogen (secondary N) is 1. The van der Waals surface area contributed by atoms with E-state index in [1.807, 2.05) is 0 Å². The van der Waals surface area contributed by atoms with Crippen LogP contribution in [0.3, 0.4) is 0 Å². The molecule has 1 aromatic carbocycles. The molecule has 5 N–H and O–H groups in total. The van der Waals surface area contributed by atoms with Gasteiger partial charge in [-0.15, -0.1) is 0 Å². The second-order valence-electron chi connectivity index (χ2n) is 3.49. The van der Waals surface area contributed by atoms with Crippen molar-refractivity contribution < 1.29 is 9.18 Å². The summed E-state index contributed by atoms with van der Waals surface area (Å²) in [4.78, 5) is 10.9. The highest BCUT2D eigenvalue weighted by Crippen LogP contribution is 2.10. The lowest BCUT2D eigenvalue weighted by Gasteiger charge is -2.06. The van der Waals surface area contributed by atoms with Gasteiger partial charge in [0, 0.05) is 17.7 Å². The predicted molar refractivity (Wildman–Crippen MR) is 60.3 cm³/mol. The quantitative estimate of drug-likeness (QED) is 0.611. The van der Waals surface area contributed by atoms with E-state index < -0.39 is 5.91 Å². The van der Waals surface area contributed by atoms with E-state index in [1.54, 1.807) is 0 Å². The molecular weight excluding hydrogens is 209 g/mol. The molecule has 1 amide bonds. The molecule has 0 aliphatic carbocycles. The van der Waals surface area contributed by atoms with Crippen molar-refractivity contribution in [3.05, 3.63) is 35.1 Å². The highest BCUT2D eigenvalue weighted by Gasteiger charge is 2.06. The van der Waals surface area contributed by atoms with Gasteiger partial charge in [0.15, 0.2) is 0 Å². The maximum absolute atomic E-state index is 13.3. The van der Waals surface area contributed by atoms with Gasteiger partial charge in [-0.05, 0) is 37.7 Å². The van der Waals surface area contributed by atoms with Crippen LogP contribution in [0.1, 0.15) is 22.3 Å². The Balaban J connectivity index is 2.63. The number of amides is 1. The summed E-state index contributed by atoms with van der Waals surface area (Å²) < 4.78 is 13.3. The van der Waals surface area contributed by atoms with Crippen molar-refractivity contribution in [2.45, 2.75) is 13.0 Å². The molecule has 0 aliphatic rings. The van der Waals surface area contributed by atoms with Gasteiger partial charge in [-0.25, -0.2) is 4.39 Å². The Morgan fingerprint density at radius 1 is 1.44 bits per heavy atom. The first-order chi connectivity index (χ1) is 7.65. The fourth-order valence-electron chi connectivity index (χ4n) is 1.31. The maximum Gasteiger partial charge on any atom is 0.248 e. The number of carbonyl (C=O) groups is 1. The maximum atomic E-state index is 13.3. The van der Waals surface area contributed by atoms with Crippen LogP contribution in [0.4, 0.5) is 4.39 Å². The summed E-state index contributed by atoms with van der Waals surface area (Å²) in [6.45, 7) is 1.68. The Hall–Kier alpha value is -1.46. The average molecular weight is 225 g/mol. The predicted octanol–water partition coefficient (Wildman–Crippen LogP) is 0.363. The molecule has 0 aromatic heterocycles. The molecule has 0 aliphatic heterocycles. The van der Waals surface area contributed by atoms with Crippen LogP contribution < -0.4 is 16.8 Å². The molecule has 0 radical (unpaired) electrons. The summed E-state index contributed by atoms with van der Waals surface area (Å²) in [7, 11) is 0. The molecule has 0 bridgehead atoms. The third-order valence-electron chi connectivity index (χ3n) is 2.20. The van der Waals surface area contributed by atoms with Crippen molar-refractivity contribution in [1.29, 1.82) is 0 Å². The summed E-state index contributed by atoms with van der Waals surface area (Å²) in [6, 6.07) is 4.09. The Kier molecular flexibility index (Phi) is 4.88. The van der Waals surface area contributed by atoms with Crippen LogP contribution in [0.25, 0.3) is 0 Å². The summed E-state index contributed by atoms with van der Waals surface area (Å²) in [5.41, 5.74) is 11.2. The highest BCUT2D eigenvalue weighted by atomic mass is 19.1. The Morgan fingerprint density at radius 2 is 2.19 bits per heavy atom. The SMILES string of the molecule is NCCCNCc1cc(C(N)=O)ccc1F. The smallest absolute Gasteiger partial charge is 0.248 e. The molecule has 0 heterocycles. The van der Waals surface area contributed by atoms with E-state index in [9.17, 15) is 9.18 Å². The standard InChI is InChI=1S/C11H16FN3O/c12-10-3-2-8(11(14)16)6-9(10)7-15-5-1-4-13/h2-3,6,15H,1,4-5,7,13H2,(H2,14,16). The molecule has 5 heteroatoms. The number of halogens is 1. The van der Waals surface area contributed by atoms with Gasteiger partial charge in [0.25, 0.3) is 0 Å². The third kappa shape index (κ3) is 3.60. The Labute approximate surface area is 93.8 Å². The first-order valence-electron chi connectivity index (χ1n) is 5.14. The second-order valence-corrected chi connectivity index (χ2v) is 3.49. The molecule has 0 saturated carbocycles. The zero-order chi connectivity index (χ0) is 12.0. The normalized spacial score (nSPS) is 10.4. The van der Waals surface area contributed by atoms with Gasteiger partial charge >= 0.3 is 0 Å². The minimum absolute atomic E-state index is 0.317. The van der Waals surface area contributed by atoms with E-state index in [2.05, 4.69) is 5.32 Å². The Bertz CT molecular complexity index is 368. The van der Waals surface area contributed by atoms with Crippen molar-refractivity contribution in [1.82, 2.24) is 5.32 Å².